The van der Waals surface area contributed by atoms with Gasteiger partial charge in [0.15, 0.2) is 0 Å². The van der Waals surface area contributed by atoms with Crippen LogP contribution in [0.4, 0.5) is 19.1 Å². The van der Waals surface area contributed by atoms with Gasteiger partial charge in [0.25, 0.3) is 5.91 Å². The Balaban J connectivity index is 0.000000454. The molecule has 1 amide bonds. The van der Waals surface area contributed by atoms with E-state index < -0.39 is 12.1 Å². The Labute approximate surface area is 205 Å². The Hall–Kier alpha value is -4.00. The highest BCUT2D eigenvalue weighted by atomic mass is 19.4. The number of hydrogen-bond donors (Lipinski definition) is 3. The molecule has 0 atom stereocenters. The Morgan fingerprint density at radius 1 is 1.17 bits per heavy atom. The molecule has 1 aromatic carbocycles. The van der Waals surface area contributed by atoms with Gasteiger partial charge in [-0.15, -0.1) is 0 Å². The summed E-state index contributed by atoms with van der Waals surface area (Å²) >= 11 is 0. The molecule has 4 N–H and O–H groups in total. The van der Waals surface area contributed by atoms with Crippen molar-refractivity contribution in [2.75, 3.05) is 25.0 Å². The van der Waals surface area contributed by atoms with E-state index in [1.54, 1.807) is 12.4 Å². The molecular formula is C23H26F3N7O3. The lowest BCUT2D eigenvalue weighted by Gasteiger charge is -2.30. The number of aromatic nitrogens is 4. The van der Waals surface area contributed by atoms with E-state index in [1.165, 1.54) is 0 Å². The van der Waals surface area contributed by atoms with Crippen LogP contribution in [0, 0.1) is 0 Å². The monoisotopic (exact) mass is 505 g/mol. The molecule has 1 saturated heterocycles. The molecule has 36 heavy (non-hydrogen) atoms. The number of benzene rings is 1. The Morgan fingerprint density at radius 2 is 1.75 bits per heavy atom. The highest BCUT2D eigenvalue weighted by Crippen LogP contribution is 2.19. The molecule has 3 heterocycles. The highest BCUT2D eigenvalue weighted by molar-refractivity contribution is 5.93. The molecule has 0 radical (unpaired) electrons. The number of piperidine rings is 1. The molecule has 0 aliphatic carbocycles. The van der Waals surface area contributed by atoms with Crippen LogP contribution < -0.4 is 10.6 Å². The standard InChI is InChI=1S/C21H25N7O.C2HF3O2/c1-27(14-18-11-19(26-25-18)15-5-3-2-4-6-15)21-23-12-16(13-24-21)20(29)28-9-7-17(22)8-10-28;3-2(4,5)1(6)7/h2-6,11-13,17H,7-10,14,22H2,1H3,(H,25,26);(H,6,7). The third-order valence-electron chi connectivity index (χ3n) is 5.40. The fraction of sp³-hybridized carbons (Fsp3) is 0.348. The summed E-state index contributed by atoms with van der Waals surface area (Å²) in [5.41, 5.74) is 9.34. The average Bonchev–Trinajstić information content (AvgIpc) is 3.33. The van der Waals surface area contributed by atoms with Crippen molar-refractivity contribution in [3.8, 4) is 11.3 Å². The van der Waals surface area contributed by atoms with Crippen LogP contribution in [0.2, 0.25) is 0 Å². The van der Waals surface area contributed by atoms with E-state index >= 15 is 0 Å². The largest absolute Gasteiger partial charge is 0.490 e. The number of carboxylic acid groups (broad SMARTS) is 1. The summed E-state index contributed by atoms with van der Waals surface area (Å²) < 4.78 is 31.7. The van der Waals surface area contributed by atoms with Gasteiger partial charge in [0, 0.05) is 44.1 Å². The van der Waals surface area contributed by atoms with Gasteiger partial charge in [0.05, 0.1) is 23.5 Å². The van der Waals surface area contributed by atoms with Gasteiger partial charge in [-0.3, -0.25) is 9.89 Å². The van der Waals surface area contributed by atoms with E-state index in [0.717, 1.165) is 29.8 Å². The van der Waals surface area contributed by atoms with Crippen LogP contribution >= 0.6 is 0 Å². The Bertz CT molecular complexity index is 1150. The number of nitrogens with one attached hydrogen (secondary N) is 1. The summed E-state index contributed by atoms with van der Waals surface area (Å²) in [7, 11) is 1.91. The zero-order valence-electron chi connectivity index (χ0n) is 19.4. The summed E-state index contributed by atoms with van der Waals surface area (Å²) in [6.45, 7) is 1.95. The molecule has 13 heteroatoms. The molecule has 0 unspecified atom stereocenters. The summed E-state index contributed by atoms with van der Waals surface area (Å²) in [5.74, 6) is -2.24. The topological polar surface area (TPSA) is 141 Å². The average molecular weight is 506 g/mol. The highest BCUT2D eigenvalue weighted by Gasteiger charge is 2.38. The predicted molar refractivity (Wildman–Crippen MR) is 125 cm³/mol. The molecule has 1 aliphatic heterocycles. The lowest BCUT2D eigenvalue weighted by atomic mass is 10.1. The first-order valence-corrected chi connectivity index (χ1v) is 11.0. The SMILES string of the molecule is CN(Cc1cc(-c2ccccc2)n[nH]1)c1ncc(C(=O)N2CCC(N)CC2)cn1.O=C(O)C(F)(F)F. The van der Waals surface area contributed by atoms with Crippen molar-refractivity contribution >= 4 is 17.8 Å². The molecule has 1 aliphatic rings. The van der Waals surface area contributed by atoms with E-state index in [0.29, 0.717) is 31.1 Å². The van der Waals surface area contributed by atoms with Crippen molar-refractivity contribution in [3.05, 3.63) is 60.0 Å². The molecule has 192 valence electrons. The minimum atomic E-state index is -5.08. The first-order valence-electron chi connectivity index (χ1n) is 11.0. The quantitative estimate of drug-likeness (QED) is 0.481. The number of halogens is 3. The summed E-state index contributed by atoms with van der Waals surface area (Å²) in [6.07, 6.45) is -0.221. The van der Waals surface area contributed by atoms with Crippen molar-refractivity contribution < 1.29 is 27.9 Å². The van der Waals surface area contributed by atoms with Gasteiger partial charge in [-0.25, -0.2) is 14.8 Å². The second-order valence-corrected chi connectivity index (χ2v) is 8.20. The van der Waals surface area contributed by atoms with Gasteiger partial charge < -0.3 is 20.6 Å². The summed E-state index contributed by atoms with van der Waals surface area (Å²) in [5, 5.41) is 14.6. The zero-order chi connectivity index (χ0) is 26.3. The van der Waals surface area contributed by atoms with Crippen LogP contribution in [0.15, 0.2) is 48.8 Å². The molecule has 2 aromatic heterocycles. The number of carbonyl (C=O) groups excluding carboxylic acids is 1. The number of aliphatic carboxylic acids is 1. The van der Waals surface area contributed by atoms with Crippen LogP contribution in [0.25, 0.3) is 11.3 Å². The van der Waals surface area contributed by atoms with Crippen molar-refractivity contribution in [2.45, 2.75) is 31.6 Å². The number of likely N-dealkylation sites (tertiary alicyclic amines) is 1. The second kappa shape index (κ2) is 11.6. The zero-order valence-corrected chi connectivity index (χ0v) is 19.4. The van der Waals surface area contributed by atoms with Crippen molar-refractivity contribution in [1.82, 2.24) is 25.1 Å². The van der Waals surface area contributed by atoms with Crippen LogP contribution in [0.1, 0.15) is 28.9 Å². The summed E-state index contributed by atoms with van der Waals surface area (Å²) in [6, 6.07) is 12.2. The number of nitrogens with zero attached hydrogens (tertiary/aromatic N) is 5. The molecule has 0 spiro atoms. The van der Waals surface area contributed by atoms with Gasteiger partial charge in [-0.2, -0.15) is 18.3 Å². The number of aromatic amines is 1. The number of anilines is 1. The van der Waals surface area contributed by atoms with Crippen LogP contribution in [-0.4, -0.2) is 74.4 Å². The van der Waals surface area contributed by atoms with Crippen molar-refractivity contribution in [3.63, 3.8) is 0 Å². The molecule has 10 nitrogen and oxygen atoms in total. The number of amides is 1. The Morgan fingerprint density at radius 3 is 2.31 bits per heavy atom. The predicted octanol–water partition coefficient (Wildman–Crippen LogP) is 2.70. The molecule has 1 fully saturated rings. The first-order chi connectivity index (χ1) is 17.0. The molecular weight excluding hydrogens is 479 g/mol. The fourth-order valence-corrected chi connectivity index (χ4v) is 3.44. The number of alkyl halides is 3. The molecule has 0 bridgehead atoms. The third kappa shape index (κ3) is 7.25. The van der Waals surface area contributed by atoms with Crippen LogP contribution in [0.5, 0.6) is 0 Å². The van der Waals surface area contributed by atoms with E-state index in [9.17, 15) is 18.0 Å². The number of hydrogen-bond acceptors (Lipinski definition) is 7. The lowest BCUT2D eigenvalue weighted by molar-refractivity contribution is -0.192. The minimum Gasteiger partial charge on any atom is -0.475 e. The van der Waals surface area contributed by atoms with Gasteiger partial charge in [0.1, 0.15) is 0 Å². The van der Waals surface area contributed by atoms with E-state index in [4.69, 9.17) is 15.6 Å². The van der Waals surface area contributed by atoms with Gasteiger partial charge >= 0.3 is 12.1 Å². The number of nitrogens with two attached hydrogens (primary N) is 1. The number of H-pyrrole nitrogens is 1. The maximum absolute atomic E-state index is 12.6. The number of carboxylic acids is 1. The smallest absolute Gasteiger partial charge is 0.475 e. The normalized spacial score (nSPS) is 14.1. The Kier molecular flexibility index (Phi) is 8.59. The second-order valence-electron chi connectivity index (χ2n) is 8.20. The molecule has 0 saturated carbocycles. The minimum absolute atomic E-state index is 0.0350. The van der Waals surface area contributed by atoms with E-state index in [2.05, 4.69) is 20.2 Å². The first kappa shape index (κ1) is 26.6. The molecule has 3 aromatic rings. The number of carbonyl (C=O) groups is 2. The lowest BCUT2D eigenvalue weighted by Crippen LogP contribution is -2.42. The summed E-state index contributed by atoms with van der Waals surface area (Å²) in [4.78, 5) is 34.0. The third-order valence-corrected chi connectivity index (χ3v) is 5.40. The maximum Gasteiger partial charge on any atom is 0.490 e. The van der Waals surface area contributed by atoms with Crippen molar-refractivity contribution in [1.29, 1.82) is 0 Å². The number of rotatable bonds is 5. The van der Waals surface area contributed by atoms with Crippen LogP contribution in [0.3, 0.4) is 0 Å². The van der Waals surface area contributed by atoms with Gasteiger partial charge in [-0.1, -0.05) is 30.3 Å². The fourth-order valence-electron chi connectivity index (χ4n) is 3.44. The van der Waals surface area contributed by atoms with Gasteiger partial charge in [-0.05, 0) is 18.9 Å². The molecule has 4 rings (SSSR count). The van der Waals surface area contributed by atoms with E-state index in [1.807, 2.05) is 53.2 Å². The van der Waals surface area contributed by atoms with Crippen molar-refractivity contribution in [2.24, 2.45) is 5.73 Å². The van der Waals surface area contributed by atoms with E-state index in [-0.39, 0.29) is 11.9 Å². The van der Waals surface area contributed by atoms with Crippen LogP contribution in [-0.2, 0) is 11.3 Å². The maximum atomic E-state index is 12.6. The van der Waals surface area contributed by atoms with Gasteiger partial charge in [0.2, 0.25) is 5.95 Å².